The average Bonchev–Trinajstić information content (AvgIpc) is 3.14. The molecule has 0 bridgehead atoms. The molecule has 0 saturated carbocycles. The molecule has 0 aliphatic heterocycles. The Balaban J connectivity index is 1.86. The van der Waals surface area contributed by atoms with Crippen LogP contribution in [0, 0.1) is 11.6 Å². The minimum atomic E-state index is -0.639. The number of hydrogen-bond acceptors (Lipinski definition) is 6. The van der Waals surface area contributed by atoms with Crippen LogP contribution in [0.3, 0.4) is 0 Å². The van der Waals surface area contributed by atoms with Crippen LogP contribution in [0.5, 0.6) is 0 Å². The van der Waals surface area contributed by atoms with Crippen LogP contribution in [-0.2, 0) is 20.7 Å². The van der Waals surface area contributed by atoms with Crippen LogP contribution >= 0.6 is 11.8 Å². The SMILES string of the molecule is CC(=O)OCCOC(Cc1ccccn1)c1nc(C(C)C)c(Sc2cc(F)cc(F)c2)[nH]1. The molecule has 0 aliphatic rings. The summed E-state index contributed by atoms with van der Waals surface area (Å²) in [5, 5.41) is 0.689. The summed E-state index contributed by atoms with van der Waals surface area (Å²) in [6.07, 6.45) is 1.67. The van der Waals surface area contributed by atoms with Crippen LogP contribution in [0.25, 0.3) is 0 Å². The maximum atomic E-state index is 13.7. The van der Waals surface area contributed by atoms with Gasteiger partial charge in [-0.05, 0) is 30.2 Å². The minimum Gasteiger partial charge on any atom is -0.463 e. The summed E-state index contributed by atoms with van der Waals surface area (Å²) in [6.45, 7) is 5.63. The molecule has 9 heteroatoms. The Bertz CT molecular complexity index is 1020. The van der Waals surface area contributed by atoms with Gasteiger partial charge >= 0.3 is 5.97 Å². The molecule has 1 atom stereocenters. The Morgan fingerprint density at radius 2 is 1.91 bits per heavy atom. The van der Waals surface area contributed by atoms with E-state index < -0.39 is 17.7 Å². The molecule has 0 saturated heterocycles. The number of rotatable bonds is 10. The maximum absolute atomic E-state index is 13.7. The van der Waals surface area contributed by atoms with Crippen molar-refractivity contribution in [3.63, 3.8) is 0 Å². The molecule has 0 radical (unpaired) electrons. The van der Waals surface area contributed by atoms with Crippen molar-refractivity contribution in [2.45, 2.75) is 49.1 Å². The van der Waals surface area contributed by atoms with Crippen molar-refractivity contribution in [3.05, 3.63) is 71.4 Å². The zero-order valence-corrected chi connectivity index (χ0v) is 18.9. The number of halogens is 2. The van der Waals surface area contributed by atoms with Gasteiger partial charge in [-0.3, -0.25) is 9.78 Å². The number of nitrogens with zero attached hydrogens (tertiary/aromatic N) is 2. The number of carbonyl (C=O) groups is 1. The van der Waals surface area contributed by atoms with Crippen LogP contribution in [-0.4, -0.2) is 34.1 Å². The number of carbonyl (C=O) groups excluding carboxylic acids is 1. The number of esters is 1. The number of aromatic amines is 1. The molecule has 2 heterocycles. The molecule has 3 aromatic rings. The van der Waals surface area contributed by atoms with E-state index in [1.807, 2.05) is 32.0 Å². The van der Waals surface area contributed by atoms with E-state index in [-0.39, 0.29) is 25.1 Å². The van der Waals surface area contributed by atoms with E-state index in [0.29, 0.717) is 22.2 Å². The molecule has 1 unspecified atom stereocenters. The molecule has 1 aromatic carbocycles. The van der Waals surface area contributed by atoms with Gasteiger partial charge in [0, 0.05) is 36.2 Å². The number of hydrogen-bond donors (Lipinski definition) is 1. The third-order valence-corrected chi connectivity index (χ3v) is 5.44. The average molecular weight is 462 g/mol. The molecule has 32 heavy (non-hydrogen) atoms. The summed E-state index contributed by atoms with van der Waals surface area (Å²) in [7, 11) is 0. The van der Waals surface area contributed by atoms with Crippen LogP contribution < -0.4 is 0 Å². The van der Waals surface area contributed by atoms with Gasteiger partial charge in [-0.2, -0.15) is 0 Å². The third-order valence-electron chi connectivity index (χ3n) is 4.45. The van der Waals surface area contributed by atoms with Crippen LogP contribution in [0.4, 0.5) is 8.78 Å². The van der Waals surface area contributed by atoms with Gasteiger partial charge in [-0.1, -0.05) is 31.7 Å². The highest BCUT2D eigenvalue weighted by atomic mass is 32.2. The lowest BCUT2D eigenvalue weighted by Gasteiger charge is -2.15. The molecule has 170 valence electrons. The fraction of sp³-hybridized carbons (Fsp3) is 0.348. The zero-order chi connectivity index (χ0) is 23.1. The van der Waals surface area contributed by atoms with Gasteiger partial charge in [-0.15, -0.1) is 0 Å². The van der Waals surface area contributed by atoms with Crippen molar-refractivity contribution in [1.29, 1.82) is 0 Å². The zero-order valence-electron chi connectivity index (χ0n) is 18.1. The standard InChI is InChI=1S/C23H25F2N3O3S/c1-14(2)21-23(32-19-11-16(24)10-17(25)12-19)28-22(27-21)20(31-9-8-30-15(3)29)13-18-6-4-5-7-26-18/h4-7,10-12,14,20H,8-9,13H2,1-3H3,(H,27,28). The number of H-pyrrole nitrogens is 1. The van der Waals surface area contributed by atoms with Crippen LogP contribution in [0.15, 0.2) is 52.5 Å². The van der Waals surface area contributed by atoms with Crippen molar-refractivity contribution in [3.8, 4) is 0 Å². The Kier molecular flexibility index (Phi) is 8.35. The highest BCUT2D eigenvalue weighted by molar-refractivity contribution is 7.99. The molecule has 0 aliphatic carbocycles. The predicted octanol–water partition coefficient (Wildman–Crippen LogP) is 5.22. The van der Waals surface area contributed by atoms with Gasteiger partial charge < -0.3 is 14.5 Å². The third kappa shape index (κ3) is 6.86. The van der Waals surface area contributed by atoms with Gasteiger partial charge in [0.15, 0.2) is 0 Å². The number of imidazole rings is 1. The van der Waals surface area contributed by atoms with Gasteiger partial charge in [0.05, 0.1) is 12.3 Å². The molecular weight excluding hydrogens is 436 g/mol. The minimum absolute atomic E-state index is 0.0671. The Labute approximate surface area is 189 Å². The first-order valence-corrected chi connectivity index (χ1v) is 11.0. The molecular formula is C23H25F2N3O3S. The topological polar surface area (TPSA) is 77.1 Å². The molecule has 1 N–H and O–H groups in total. The summed E-state index contributed by atoms with van der Waals surface area (Å²) in [4.78, 5) is 23.8. The lowest BCUT2D eigenvalue weighted by atomic mass is 10.1. The fourth-order valence-electron chi connectivity index (χ4n) is 3.03. The second-order valence-corrected chi connectivity index (χ2v) is 8.51. The number of ether oxygens (including phenoxy) is 2. The Morgan fingerprint density at radius 1 is 1.16 bits per heavy atom. The van der Waals surface area contributed by atoms with Crippen molar-refractivity contribution >= 4 is 17.7 Å². The van der Waals surface area contributed by atoms with Crippen molar-refractivity contribution in [1.82, 2.24) is 15.0 Å². The number of aromatic nitrogens is 3. The number of pyridine rings is 1. The molecule has 0 fully saturated rings. The smallest absolute Gasteiger partial charge is 0.302 e. The van der Waals surface area contributed by atoms with Crippen molar-refractivity contribution < 1.29 is 23.0 Å². The first-order valence-electron chi connectivity index (χ1n) is 10.2. The summed E-state index contributed by atoms with van der Waals surface area (Å²) in [5.74, 6) is -1.02. The van der Waals surface area contributed by atoms with Gasteiger partial charge in [-0.25, -0.2) is 13.8 Å². The van der Waals surface area contributed by atoms with E-state index in [0.717, 1.165) is 17.5 Å². The van der Waals surface area contributed by atoms with E-state index in [1.165, 1.54) is 30.8 Å². The number of nitrogens with one attached hydrogen (secondary N) is 1. The van der Waals surface area contributed by atoms with E-state index in [4.69, 9.17) is 14.5 Å². The lowest BCUT2D eigenvalue weighted by Crippen LogP contribution is -2.15. The largest absolute Gasteiger partial charge is 0.463 e. The second kappa shape index (κ2) is 11.2. The number of benzene rings is 1. The highest BCUT2D eigenvalue weighted by Gasteiger charge is 2.23. The van der Waals surface area contributed by atoms with E-state index >= 15 is 0 Å². The fourth-order valence-corrected chi connectivity index (χ4v) is 4.16. The summed E-state index contributed by atoms with van der Waals surface area (Å²) >= 11 is 1.21. The predicted molar refractivity (Wildman–Crippen MR) is 116 cm³/mol. The molecule has 0 amide bonds. The first kappa shape index (κ1) is 23.9. The molecule has 2 aromatic heterocycles. The van der Waals surface area contributed by atoms with Crippen LogP contribution in [0.1, 0.15) is 50.0 Å². The highest BCUT2D eigenvalue weighted by Crippen LogP contribution is 2.35. The van der Waals surface area contributed by atoms with Gasteiger partial charge in [0.25, 0.3) is 0 Å². The summed E-state index contributed by atoms with van der Waals surface area (Å²) < 4.78 is 38.2. The van der Waals surface area contributed by atoms with Gasteiger partial charge in [0.1, 0.15) is 35.2 Å². The Morgan fingerprint density at radius 3 is 2.53 bits per heavy atom. The maximum Gasteiger partial charge on any atom is 0.302 e. The van der Waals surface area contributed by atoms with Crippen molar-refractivity contribution in [2.75, 3.05) is 13.2 Å². The van der Waals surface area contributed by atoms with E-state index in [1.54, 1.807) is 6.20 Å². The molecule has 3 rings (SSSR count). The second-order valence-electron chi connectivity index (χ2n) is 7.42. The Hall–Kier alpha value is -2.78. The summed E-state index contributed by atoms with van der Waals surface area (Å²) in [6, 6.07) is 9.00. The van der Waals surface area contributed by atoms with E-state index in [2.05, 4.69) is 9.97 Å². The van der Waals surface area contributed by atoms with E-state index in [9.17, 15) is 13.6 Å². The monoisotopic (exact) mass is 461 g/mol. The quantitative estimate of drug-likeness (QED) is 0.329. The lowest BCUT2D eigenvalue weighted by molar-refractivity contribution is -0.143. The molecule has 6 nitrogen and oxygen atoms in total. The van der Waals surface area contributed by atoms with Gasteiger partial charge in [0.2, 0.25) is 0 Å². The first-order chi connectivity index (χ1) is 15.3. The normalized spacial score (nSPS) is 12.2. The van der Waals surface area contributed by atoms with Crippen LogP contribution in [0.2, 0.25) is 0 Å². The molecule has 0 spiro atoms. The van der Waals surface area contributed by atoms with Crippen molar-refractivity contribution in [2.24, 2.45) is 0 Å². The summed E-state index contributed by atoms with van der Waals surface area (Å²) in [5.41, 5.74) is 1.58.